The molecule has 2 aromatic rings. The van der Waals surface area contributed by atoms with E-state index < -0.39 is 12.1 Å². The zero-order valence-electron chi connectivity index (χ0n) is 15.1. The van der Waals surface area contributed by atoms with E-state index in [1.54, 1.807) is 23.2 Å². The van der Waals surface area contributed by atoms with Crippen molar-refractivity contribution in [1.82, 2.24) is 10.0 Å². The number of allylic oxidation sites excluding steroid dienone is 1. The molecule has 3 rings (SSSR count). The first-order chi connectivity index (χ1) is 13.0. The van der Waals surface area contributed by atoms with E-state index in [2.05, 4.69) is 6.92 Å². The predicted molar refractivity (Wildman–Crippen MR) is 102 cm³/mol. The number of benzene rings is 2. The second-order valence-electron chi connectivity index (χ2n) is 6.42. The van der Waals surface area contributed by atoms with Gasteiger partial charge >= 0.3 is 12.1 Å². The summed E-state index contributed by atoms with van der Waals surface area (Å²) < 4.78 is 0. The van der Waals surface area contributed by atoms with Crippen LogP contribution in [0.3, 0.4) is 0 Å². The van der Waals surface area contributed by atoms with Crippen molar-refractivity contribution >= 4 is 12.1 Å². The molecule has 0 atom stereocenters. The number of hydrazine groups is 1. The molecule has 1 aliphatic rings. The van der Waals surface area contributed by atoms with Crippen LogP contribution in [0.5, 0.6) is 0 Å². The molecule has 0 aromatic heterocycles. The third kappa shape index (κ3) is 3.95. The number of aromatic carboxylic acids is 1. The number of carboxylic acids is 1. The maximum atomic E-state index is 11.5. The van der Waals surface area contributed by atoms with Gasteiger partial charge in [-0.05, 0) is 35.3 Å². The Labute approximate surface area is 157 Å². The lowest BCUT2D eigenvalue weighted by atomic mass is 9.98. The molecule has 2 aromatic carbocycles. The van der Waals surface area contributed by atoms with Crippen LogP contribution in [-0.4, -0.2) is 38.8 Å². The molecule has 0 radical (unpaired) electrons. The summed E-state index contributed by atoms with van der Waals surface area (Å²) in [5, 5.41) is 21.9. The lowest BCUT2D eigenvalue weighted by Crippen LogP contribution is -2.40. The molecule has 1 amide bonds. The summed E-state index contributed by atoms with van der Waals surface area (Å²) >= 11 is 0. The Hall–Kier alpha value is -3.28. The van der Waals surface area contributed by atoms with Gasteiger partial charge in [0.25, 0.3) is 0 Å². The highest BCUT2D eigenvalue weighted by atomic mass is 16.4. The molecule has 0 bridgehead atoms. The minimum atomic E-state index is -0.968. The van der Waals surface area contributed by atoms with Crippen molar-refractivity contribution in [2.75, 3.05) is 6.54 Å². The second kappa shape index (κ2) is 7.95. The summed E-state index contributed by atoms with van der Waals surface area (Å²) in [5.41, 5.74) is 3.71. The molecule has 2 N–H and O–H groups in total. The molecular weight excluding hydrogens is 344 g/mol. The molecule has 6 nitrogen and oxygen atoms in total. The molecule has 0 unspecified atom stereocenters. The number of carbonyl (C=O) groups is 2. The Bertz CT molecular complexity index is 874. The van der Waals surface area contributed by atoms with Gasteiger partial charge in [-0.25, -0.2) is 14.6 Å². The molecule has 140 valence electrons. The van der Waals surface area contributed by atoms with Crippen LogP contribution in [0.1, 0.15) is 35.7 Å². The van der Waals surface area contributed by atoms with Gasteiger partial charge in [-0.15, -0.1) is 0 Å². The summed E-state index contributed by atoms with van der Waals surface area (Å²) in [7, 11) is 0. The first-order valence-corrected chi connectivity index (χ1v) is 8.89. The van der Waals surface area contributed by atoms with Crippen LogP contribution in [0, 0.1) is 0 Å². The first kappa shape index (κ1) is 18.5. The van der Waals surface area contributed by atoms with Crippen molar-refractivity contribution in [3.63, 3.8) is 0 Å². The van der Waals surface area contributed by atoms with Gasteiger partial charge in [0, 0.05) is 5.70 Å². The molecular formula is C21H22N2O4. The van der Waals surface area contributed by atoms with Crippen LogP contribution in [0.2, 0.25) is 0 Å². The Balaban J connectivity index is 1.82. The first-order valence-electron chi connectivity index (χ1n) is 8.89. The van der Waals surface area contributed by atoms with Crippen LogP contribution in [0.15, 0.2) is 60.3 Å². The van der Waals surface area contributed by atoms with Crippen LogP contribution < -0.4 is 0 Å². The molecule has 1 heterocycles. The van der Waals surface area contributed by atoms with Crippen molar-refractivity contribution in [1.29, 1.82) is 0 Å². The smallest absolute Gasteiger partial charge is 0.426 e. The number of nitrogens with zero attached hydrogens (tertiary/aromatic N) is 2. The topological polar surface area (TPSA) is 81.1 Å². The van der Waals surface area contributed by atoms with Crippen LogP contribution >= 0.6 is 0 Å². The van der Waals surface area contributed by atoms with Crippen molar-refractivity contribution in [2.24, 2.45) is 0 Å². The Morgan fingerprint density at radius 3 is 2.37 bits per heavy atom. The highest BCUT2D eigenvalue weighted by Gasteiger charge is 2.27. The Morgan fingerprint density at radius 2 is 1.74 bits per heavy atom. The highest BCUT2D eigenvalue weighted by Crippen LogP contribution is 2.27. The van der Waals surface area contributed by atoms with Gasteiger partial charge in [0.15, 0.2) is 0 Å². The molecule has 6 heteroatoms. The average Bonchev–Trinajstić information content (AvgIpc) is 3.05. The lowest BCUT2D eigenvalue weighted by Gasteiger charge is -2.30. The maximum absolute atomic E-state index is 11.5. The van der Waals surface area contributed by atoms with Gasteiger partial charge in [-0.3, -0.25) is 5.01 Å². The molecule has 0 saturated carbocycles. The summed E-state index contributed by atoms with van der Waals surface area (Å²) in [4.78, 5) is 22.9. The Morgan fingerprint density at radius 1 is 1.04 bits per heavy atom. The average molecular weight is 366 g/mol. The number of hydrogen-bond acceptors (Lipinski definition) is 3. The van der Waals surface area contributed by atoms with E-state index in [1.807, 2.05) is 36.4 Å². The fraction of sp³-hybridized carbons (Fsp3) is 0.238. The predicted octanol–water partition coefficient (Wildman–Crippen LogP) is 4.45. The third-order valence-corrected chi connectivity index (χ3v) is 4.60. The summed E-state index contributed by atoms with van der Waals surface area (Å²) in [6.45, 7) is 2.89. The monoisotopic (exact) mass is 366 g/mol. The maximum Gasteiger partial charge on any atom is 0.426 e. The largest absolute Gasteiger partial charge is 0.478 e. The van der Waals surface area contributed by atoms with E-state index in [1.165, 1.54) is 5.01 Å². The number of amides is 1. The van der Waals surface area contributed by atoms with Gasteiger partial charge in [0.1, 0.15) is 0 Å². The SMILES string of the molecule is CCCC1=CCN(C(=O)O)N1Cc1ccc(-c2ccccc2C(=O)O)cc1. The zero-order chi connectivity index (χ0) is 19.4. The van der Waals surface area contributed by atoms with Crippen molar-refractivity contribution in [2.45, 2.75) is 26.3 Å². The van der Waals surface area contributed by atoms with Crippen LogP contribution in [0.25, 0.3) is 11.1 Å². The molecule has 0 aliphatic carbocycles. The van der Waals surface area contributed by atoms with Crippen molar-refractivity contribution in [3.8, 4) is 11.1 Å². The lowest BCUT2D eigenvalue weighted by molar-refractivity contribution is 0.0338. The molecule has 0 saturated heterocycles. The minimum Gasteiger partial charge on any atom is -0.478 e. The molecule has 27 heavy (non-hydrogen) atoms. The fourth-order valence-corrected chi connectivity index (χ4v) is 3.29. The van der Waals surface area contributed by atoms with Gasteiger partial charge in [-0.2, -0.15) is 0 Å². The second-order valence-corrected chi connectivity index (χ2v) is 6.42. The van der Waals surface area contributed by atoms with E-state index in [0.717, 1.165) is 29.7 Å². The summed E-state index contributed by atoms with van der Waals surface area (Å²) in [6, 6.07) is 14.5. The summed E-state index contributed by atoms with van der Waals surface area (Å²) in [6.07, 6.45) is 2.76. The zero-order valence-corrected chi connectivity index (χ0v) is 15.1. The van der Waals surface area contributed by atoms with Gasteiger partial charge in [-0.1, -0.05) is 55.8 Å². The quantitative estimate of drug-likeness (QED) is 0.789. The minimum absolute atomic E-state index is 0.259. The highest BCUT2D eigenvalue weighted by molar-refractivity contribution is 5.95. The van der Waals surface area contributed by atoms with Crippen molar-refractivity contribution < 1.29 is 19.8 Å². The van der Waals surface area contributed by atoms with Gasteiger partial charge in [0.05, 0.1) is 18.7 Å². The van der Waals surface area contributed by atoms with Gasteiger partial charge < -0.3 is 10.2 Å². The number of carboxylic acid groups (broad SMARTS) is 2. The molecule has 0 spiro atoms. The van der Waals surface area contributed by atoms with Gasteiger partial charge in [0.2, 0.25) is 0 Å². The normalized spacial score (nSPS) is 13.6. The third-order valence-electron chi connectivity index (χ3n) is 4.60. The fourth-order valence-electron chi connectivity index (χ4n) is 3.29. The van der Waals surface area contributed by atoms with Crippen molar-refractivity contribution in [3.05, 3.63) is 71.4 Å². The number of rotatable bonds is 6. The number of hydrogen-bond donors (Lipinski definition) is 2. The summed E-state index contributed by atoms with van der Waals surface area (Å²) in [5.74, 6) is -0.960. The molecule has 0 fully saturated rings. The van der Waals surface area contributed by atoms with E-state index in [0.29, 0.717) is 18.7 Å². The van der Waals surface area contributed by atoms with Crippen LogP contribution in [-0.2, 0) is 6.54 Å². The van der Waals surface area contributed by atoms with E-state index in [4.69, 9.17) is 0 Å². The van der Waals surface area contributed by atoms with Crippen LogP contribution in [0.4, 0.5) is 4.79 Å². The van der Waals surface area contributed by atoms with E-state index in [9.17, 15) is 19.8 Å². The molecule has 1 aliphatic heterocycles. The Kier molecular flexibility index (Phi) is 5.45. The van der Waals surface area contributed by atoms with E-state index in [-0.39, 0.29) is 5.56 Å². The van der Waals surface area contributed by atoms with E-state index >= 15 is 0 Å². The standard InChI is InChI=1S/C21H22N2O4/c1-2-5-17-12-13-22(21(26)27)23(17)14-15-8-10-16(11-9-15)18-6-3-4-7-19(18)20(24)25/h3-4,6-12H,2,5,13-14H2,1H3,(H,24,25)(H,26,27).